The quantitative estimate of drug-likeness (QED) is 0.447. The summed E-state index contributed by atoms with van der Waals surface area (Å²) in [5.74, 6) is 0.718. The second kappa shape index (κ2) is 8.63. The standard InChI is InChI=1S/C21H29N7O2/c1-14-5-6-16-13-17(21(29)22-18(16)15(14)2)19(27-9-7-26(3)8-10-27)20-23-24-25-28(20)11-12-30-4/h5-6,13,19H,7-12H2,1-4H3,(H,22,29)/p+2/t19-/m1/s1. The molecule has 0 bridgehead atoms. The van der Waals surface area contributed by atoms with Crippen LogP contribution in [0.2, 0.25) is 0 Å². The maximum Gasteiger partial charge on any atom is 0.258 e. The van der Waals surface area contributed by atoms with Gasteiger partial charge in [-0.25, -0.2) is 4.68 Å². The normalized spacial score (nSPS) is 20.5. The van der Waals surface area contributed by atoms with Crippen molar-refractivity contribution in [1.29, 1.82) is 0 Å². The number of piperazine rings is 1. The van der Waals surface area contributed by atoms with Gasteiger partial charge in [0.05, 0.1) is 31.3 Å². The number of benzene rings is 1. The molecule has 9 heteroatoms. The molecule has 1 fully saturated rings. The van der Waals surface area contributed by atoms with Gasteiger partial charge < -0.3 is 19.5 Å². The number of hydrogen-bond donors (Lipinski definition) is 3. The van der Waals surface area contributed by atoms with Crippen LogP contribution < -0.4 is 15.4 Å². The van der Waals surface area contributed by atoms with E-state index >= 15 is 0 Å². The van der Waals surface area contributed by atoms with Crippen molar-refractivity contribution in [2.45, 2.75) is 26.4 Å². The van der Waals surface area contributed by atoms with Crippen molar-refractivity contribution >= 4 is 10.9 Å². The van der Waals surface area contributed by atoms with E-state index < -0.39 is 0 Å². The average Bonchev–Trinajstić information content (AvgIpc) is 3.20. The number of ether oxygens (including phenoxy) is 1. The fourth-order valence-corrected chi connectivity index (χ4v) is 4.34. The van der Waals surface area contributed by atoms with Crippen LogP contribution in [0.4, 0.5) is 0 Å². The largest absolute Gasteiger partial charge is 0.383 e. The Hall–Kier alpha value is -2.62. The zero-order chi connectivity index (χ0) is 21.3. The number of tetrazole rings is 1. The molecule has 9 nitrogen and oxygen atoms in total. The number of rotatable bonds is 6. The fraction of sp³-hybridized carbons (Fsp3) is 0.524. The average molecular weight is 414 g/mol. The van der Waals surface area contributed by atoms with Crippen molar-refractivity contribution in [3.05, 3.63) is 51.1 Å². The number of likely N-dealkylation sites (N-methyl/N-ethyl adjacent to an activating group) is 1. The Morgan fingerprint density at radius 1 is 1.23 bits per heavy atom. The highest BCUT2D eigenvalue weighted by molar-refractivity contribution is 5.83. The Labute approximate surface area is 175 Å². The Morgan fingerprint density at radius 2 is 2.00 bits per heavy atom. The lowest BCUT2D eigenvalue weighted by molar-refractivity contribution is -1.02. The molecule has 0 amide bonds. The minimum absolute atomic E-state index is 0.0683. The van der Waals surface area contributed by atoms with Crippen molar-refractivity contribution in [2.24, 2.45) is 0 Å². The van der Waals surface area contributed by atoms with Gasteiger partial charge in [0.2, 0.25) is 5.82 Å². The van der Waals surface area contributed by atoms with E-state index in [1.165, 1.54) is 15.4 Å². The van der Waals surface area contributed by atoms with Crippen molar-refractivity contribution in [2.75, 3.05) is 46.9 Å². The van der Waals surface area contributed by atoms with Gasteiger partial charge in [-0.15, -0.1) is 5.10 Å². The molecule has 0 radical (unpaired) electrons. The number of nitrogens with one attached hydrogen (secondary N) is 3. The molecular weight excluding hydrogens is 382 g/mol. The first kappa shape index (κ1) is 20.6. The summed E-state index contributed by atoms with van der Waals surface area (Å²) in [4.78, 5) is 19.3. The number of quaternary nitrogens is 2. The molecule has 0 aliphatic carbocycles. The lowest BCUT2D eigenvalue weighted by atomic mass is 10.00. The summed E-state index contributed by atoms with van der Waals surface area (Å²) in [6.45, 7) is 9.19. The van der Waals surface area contributed by atoms with Crippen molar-refractivity contribution in [3.8, 4) is 0 Å². The summed E-state index contributed by atoms with van der Waals surface area (Å²) in [6.07, 6.45) is 0. The van der Waals surface area contributed by atoms with Crippen molar-refractivity contribution < 1.29 is 14.5 Å². The highest BCUT2D eigenvalue weighted by atomic mass is 16.5. The molecule has 1 aliphatic rings. The molecule has 1 saturated heterocycles. The van der Waals surface area contributed by atoms with Gasteiger partial charge in [-0.1, -0.05) is 12.1 Å². The molecule has 3 aromatic rings. The molecule has 0 saturated carbocycles. The Kier molecular flexibility index (Phi) is 5.94. The van der Waals surface area contributed by atoms with E-state index in [4.69, 9.17) is 4.74 Å². The summed E-state index contributed by atoms with van der Waals surface area (Å²) in [7, 11) is 3.87. The zero-order valence-electron chi connectivity index (χ0n) is 18.2. The maximum atomic E-state index is 13.3. The Bertz CT molecular complexity index is 1080. The number of methoxy groups -OCH3 is 1. The van der Waals surface area contributed by atoms with E-state index in [2.05, 4.69) is 46.6 Å². The van der Waals surface area contributed by atoms with Crippen molar-refractivity contribution in [3.63, 3.8) is 0 Å². The van der Waals surface area contributed by atoms with Crippen LogP contribution in [0.1, 0.15) is 28.6 Å². The molecule has 0 spiro atoms. The smallest absolute Gasteiger partial charge is 0.258 e. The SMILES string of the molecule is COCCn1nnnc1[C@@H](c1cc2ccc(C)c(C)c2[nH]c1=O)[NH+]1CC[NH+](C)CC1. The third kappa shape index (κ3) is 3.88. The molecule has 0 unspecified atom stereocenters. The third-order valence-electron chi connectivity index (χ3n) is 6.37. The monoisotopic (exact) mass is 413 g/mol. The van der Waals surface area contributed by atoms with Crippen LogP contribution in [-0.4, -0.2) is 72.1 Å². The minimum atomic E-state index is -0.222. The van der Waals surface area contributed by atoms with Gasteiger partial charge in [0, 0.05) is 7.11 Å². The summed E-state index contributed by atoms with van der Waals surface area (Å²) in [5, 5.41) is 13.5. The number of pyridine rings is 1. The van der Waals surface area contributed by atoms with E-state index in [1.807, 2.05) is 13.0 Å². The van der Waals surface area contributed by atoms with E-state index in [1.54, 1.807) is 11.8 Å². The van der Waals surface area contributed by atoms with Crippen LogP contribution >= 0.6 is 0 Å². The first-order chi connectivity index (χ1) is 14.5. The molecule has 2 aromatic heterocycles. The summed E-state index contributed by atoms with van der Waals surface area (Å²) in [5.41, 5.74) is 3.82. The molecule has 1 aromatic carbocycles. The molecular formula is C21H31N7O2+2. The van der Waals surface area contributed by atoms with Crippen LogP contribution in [0.5, 0.6) is 0 Å². The van der Waals surface area contributed by atoms with Crippen LogP contribution in [-0.2, 0) is 11.3 Å². The van der Waals surface area contributed by atoms with Gasteiger partial charge in [0.1, 0.15) is 26.2 Å². The molecule has 1 aliphatic heterocycles. The van der Waals surface area contributed by atoms with Crippen LogP contribution in [0.3, 0.4) is 0 Å². The number of fused-ring (bicyclic) bond motifs is 1. The van der Waals surface area contributed by atoms with Gasteiger partial charge in [-0.3, -0.25) is 4.79 Å². The Balaban J connectivity index is 1.84. The fourth-order valence-electron chi connectivity index (χ4n) is 4.34. The maximum absolute atomic E-state index is 13.3. The molecule has 30 heavy (non-hydrogen) atoms. The molecule has 3 N–H and O–H groups in total. The van der Waals surface area contributed by atoms with Crippen LogP contribution in [0, 0.1) is 13.8 Å². The zero-order valence-corrected chi connectivity index (χ0v) is 18.2. The Morgan fingerprint density at radius 3 is 2.73 bits per heavy atom. The third-order valence-corrected chi connectivity index (χ3v) is 6.37. The first-order valence-electron chi connectivity index (χ1n) is 10.5. The van der Waals surface area contributed by atoms with Gasteiger partial charge in [-0.2, -0.15) is 0 Å². The van der Waals surface area contributed by atoms with Gasteiger partial charge >= 0.3 is 0 Å². The van der Waals surface area contributed by atoms with E-state index in [9.17, 15) is 4.79 Å². The number of hydrogen-bond acceptors (Lipinski definition) is 5. The number of nitrogens with zero attached hydrogens (tertiary/aromatic N) is 4. The summed E-state index contributed by atoms with van der Waals surface area (Å²) in [6, 6.07) is 5.98. The predicted octanol–water partition coefficient (Wildman–Crippen LogP) is -1.72. The molecule has 4 rings (SSSR count). The summed E-state index contributed by atoms with van der Waals surface area (Å²) >= 11 is 0. The van der Waals surface area contributed by atoms with Crippen molar-refractivity contribution in [1.82, 2.24) is 25.2 Å². The lowest BCUT2D eigenvalue weighted by Gasteiger charge is -2.32. The van der Waals surface area contributed by atoms with Crippen LogP contribution in [0.15, 0.2) is 23.0 Å². The van der Waals surface area contributed by atoms with E-state index in [-0.39, 0.29) is 11.6 Å². The first-order valence-corrected chi connectivity index (χ1v) is 10.5. The molecule has 160 valence electrons. The molecule has 1 atom stereocenters. The predicted molar refractivity (Wildman–Crippen MR) is 113 cm³/mol. The topological polar surface area (TPSA) is 94.6 Å². The summed E-state index contributed by atoms with van der Waals surface area (Å²) < 4.78 is 7.00. The number of H-pyrrole nitrogens is 1. The van der Waals surface area contributed by atoms with Gasteiger partial charge in [0.25, 0.3) is 5.56 Å². The van der Waals surface area contributed by atoms with Gasteiger partial charge in [-0.05, 0) is 46.9 Å². The second-order valence-corrected chi connectivity index (χ2v) is 8.33. The lowest BCUT2D eigenvalue weighted by Crippen LogP contribution is -3.27. The van der Waals surface area contributed by atoms with Gasteiger partial charge in [0.15, 0.2) is 6.04 Å². The van der Waals surface area contributed by atoms with E-state index in [0.717, 1.165) is 48.5 Å². The highest BCUT2D eigenvalue weighted by Crippen LogP contribution is 2.22. The number of aromatic amines is 1. The number of aryl methyl sites for hydroxylation is 2. The highest BCUT2D eigenvalue weighted by Gasteiger charge is 2.36. The van der Waals surface area contributed by atoms with E-state index in [0.29, 0.717) is 18.7 Å². The minimum Gasteiger partial charge on any atom is -0.383 e. The number of aromatic nitrogens is 5. The molecule has 3 heterocycles. The van der Waals surface area contributed by atoms with Crippen LogP contribution in [0.25, 0.3) is 10.9 Å². The second-order valence-electron chi connectivity index (χ2n) is 8.33.